The first-order chi connectivity index (χ1) is 15.6. The molecule has 0 spiro atoms. The highest BCUT2D eigenvalue weighted by molar-refractivity contribution is 8.18. The summed E-state index contributed by atoms with van der Waals surface area (Å²) in [5.41, 5.74) is 2.00. The number of carbonyl (C=O) groups is 2. The normalized spacial score (nSPS) is 15.8. The molecular weight excluding hydrogens is 428 g/mol. The van der Waals surface area contributed by atoms with Gasteiger partial charge < -0.3 is 19.2 Å². The first-order valence-corrected chi connectivity index (χ1v) is 10.7. The molecule has 162 valence electrons. The lowest BCUT2D eigenvalue weighted by molar-refractivity contribution is -0.115. The Balaban J connectivity index is 1.47. The molecule has 2 aromatic carbocycles. The van der Waals surface area contributed by atoms with Crippen molar-refractivity contribution in [2.24, 2.45) is 4.99 Å². The second-order valence-electron chi connectivity index (χ2n) is 6.68. The van der Waals surface area contributed by atoms with Crippen molar-refractivity contribution in [3.8, 4) is 17.1 Å². The number of amidine groups is 1. The van der Waals surface area contributed by atoms with Crippen LogP contribution in [0, 0.1) is 0 Å². The third-order valence-electron chi connectivity index (χ3n) is 4.53. The number of esters is 1. The number of carbonyl (C=O) groups excluding carboxylic acids is 2. The third kappa shape index (κ3) is 4.92. The molecule has 0 radical (unpaired) electrons. The average molecular weight is 449 g/mol. The Morgan fingerprint density at radius 2 is 1.84 bits per heavy atom. The van der Waals surface area contributed by atoms with Crippen molar-refractivity contribution in [1.29, 1.82) is 0 Å². The van der Waals surface area contributed by atoms with E-state index in [0.717, 1.165) is 11.3 Å². The molecule has 0 bridgehead atoms. The van der Waals surface area contributed by atoms with Gasteiger partial charge in [0.25, 0.3) is 5.91 Å². The maximum atomic E-state index is 12.3. The van der Waals surface area contributed by atoms with Gasteiger partial charge in [0.2, 0.25) is 0 Å². The smallest absolute Gasteiger partial charge is 0.338 e. The van der Waals surface area contributed by atoms with E-state index >= 15 is 0 Å². The quantitative estimate of drug-likeness (QED) is 0.420. The molecule has 0 unspecified atom stereocenters. The SMILES string of the molecule is CCOC(=O)c1ccc(-c2ccc(/C=C3\SC(=Nc4ccc(OC)cc4)NC3=O)o2)cc1. The number of ether oxygens (including phenoxy) is 2. The van der Waals surface area contributed by atoms with E-state index in [4.69, 9.17) is 13.9 Å². The van der Waals surface area contributed by atoms with E-state index < -0.39 is 0 Å². The number of thioether (sulfide) groups is 1. The maximum absolute atomic E-state index is 12.3. The van der Waals surface area contributed by atoms with E-state index in [1.165, 1.54) is 11.8 Å². The van der Waals surface area contributed by atoms with Crippen LogP contribution in [0.15, 0.2) is 75.0 Å². The third-order valence-corrected chi connectivity index (χ3v) is 5.44. The van der Waals surface area contributed by atoms with Gasteiger partial charge in [0, 0.05) is 11.6 Å². The van der Waals surface area contributed by atoms with Crippen LogP contribution >= 0.6 is 11.8 Å². The van der Waals surface area contributed by atoms with E-state index in [1.54, 1.807) is 62.6 Å². The van der Waals surface area contributed by atoms with Crippen LogP contribution in [0.2, 0.25) is 0 Å². The van der Waals surface area contributed by atoms with Crippen molar-refractivity contribution in [3.63, 3.8) is 0 Å². The fourth-order valence-corrected chi connectivity index (χ4v) is 3.78. The van der Waals surface area contributed by atoms with Gasteiger partial charge >= 0.3 is 5.97 Å². The summed E-state index contributed by atoms with van der Waals surface area (Å²) in [7, 11) is 1.60. The maximum Gasteiger partial charge on any atom is 0.338 e. The molecular formula is C24H20N2O5S. The largest absolute Gasteiger partial charge is 0.497 e. The van der Waals surface area contributed by atoms with Gasteiger partial charge in [-0.15, -0.1) is 0 Å². The Kier molecular flexibility index (Phi) is 6.42. The lowest BCUT2D eigenvalue weighted by atomic mass is 10.1. The fraction of sp³-hybridized carbons (Fsp3) is 0.125. The van der Waals surface area contributed by atoms with Crippen LogP contribution in [0.3, 0.4) is 0 Å². The molecule has 8 heteroatoms. The van der Waals surface area contributed by atoms with Crippen molar-refractivity contribution in [2.45, 2.75) is 6.92 Å². The van der Waals surface area contributed by atoms with Gasteiger partial charge in [0.15, 0.2) is 5.17 Å². The summed E-state index contributed by atoms with van der Waals surface area (Å²) < 4.78 is 16.0. The van der Waals surface area contributed by atoms with Crippen molar-refractivity contribution in [3.05, 3.63) is 76.9 Å². The van der Waals surface area contributed by atoms with Crippen LogP contribution < -0.4 is 10.1 Å². The van der Waals surface area contributed by atoms with Gasteiger partial charge in [0.05, 0.1) is 29.9 Å². The highest BCUT2D eigenvalue weighted by Crippen LogP contribution is 2.30. The lowest BCUT2D eigenvalue weighted by Gasteiger charge is -2.02. The molecule has 7 nitrogen and oxygen atoms in total. The van der Waals surface area contributed by atoms with Crippen LogP contribution in [-0.2, 0) is 9.53 Å². The number of methoxy groups -OCH3 is 1. The molecule has 3 aromatic rings. The van der Waals surface area contributed by atoms with Crippen LogP contribution in [0.5, 0.6) is 5.75 Å². The highest BCUT2D eigenvalue weighted by atomic mass is 32.2. The molecule has 2 heterocycles. The number of furan rings is 1. The molecule has 0 aliphatic carbocycles. The summed E-state index contributed by atoms with van der Waals surface area (Å²) in [6, 6.07) is 17.8. The zero-order chi connectivity index (χ0) is 22.5. The zero-order valence-electron chi connectivity index (χ0n) is 17.5. The first kappa shape index (κ1) is 21.5. The highest BCUT2D eigenvalue weighted by Gasteiger charge is 2.24. The number of nitrogens with zero attached hydrogens (tertiary/aromatic N) is 1. The van der Waals surface area contributed by atoms with E-state index in [-0.39, 0.29) is 11.9 Å². The molecule has 1 aliphatic heterocycles. The van der Waals surface area contributed by atoms with Gasteiger partial charge in [-0.2, -0.15) is 0 Å². The van der Waals surface area contributed by atoms with E-state index in [0.29, 0.717) is 39.5 Å². The molecule has 32 heavy (non-hydrogen) atoms. The second kappa shape index (κ2) is 9.57. The first-order valence-electron chi connectivity index (χ1n) is 9.87. The predicted octanol–water partition coefficient (Wildman–Crippen LogP) is 5.02. The van der Waals surface area contributed by atoms with Gasteiger partial charge in [-0.25, -0.2) is 9.79 Å². The van der Waals surface area contributed by atoms with Crippen molar-refractivity contribution in [2.75, 3.05) is 13.7 Å². The van der Waals surface area contributed by atoms with Crippen LogP contribution in [0.4, 0.5) is 5.69 Å². The van der Waals surface area contributed by atoms with Crippen molar-refractivity contribution < 1.29 is 23.5 Å². The number of amides is 1. The summed E-state index contributed by atoms with van der Waals surface area (Å²) in [6.45, 7) is 2.09. The molecule has 1 fully saturated rings. The molecule has 1 saturated heterocycles. The van der Waals surface area contributed by atoms with Gasteiger partial charge in [-0.1, -0.05) is 12.1 Å². The van der Waals surface area contributed by atoms with Crippen molar-refractivity contribution >= 4 is 40.6 Å². The molecule has 1 amide bonds. The monoisotopic (exact) mass is 448 g/mol. The topological polar surface area (TPSA) is 90.1 Å². The number of rotatable bonds is 6. The van der Waals surface area contributed by atoms with E-state index in [2.05, 4.69) is 10.3 Å². The minimum atomic E-state index is -0.361. The van der Waals surface area contributed by atoms with Crippen LogP contribution in [0.25, 0.3) is 17.4 Å². The zero-order valence-corrected chi connectivity index (χ0v) is 18.3. The Labute approximate surface area is 189 Å². The minimum absolute atomic E-state index is 0.237. The van der Waals surface area contributed by atoms with E-state index in [1.807, 2.05) is 18.2 Å². The summed E-state index contributed by atoms with van der Waals surface area (Å²) >= 11 is 1.24. The fourth-order valence-electron chi connectivity index (χ4n) is 2.95. The summed E-state index contributed by atoms with van der Waals surface area (Å²) in [4.78, 5) is 29.0. The number of hydrogen-bond acceptors (Lipinski definition) is 7. The van der Waals surface area contributed by atoms with Gasteiger partial charge in [-0.3, -0.25) is 4.79 Å². The predicted molar refractivity (Wildman–Crippen MR) is 124 cm³/mol. The van der Waals surface area contributed by atoms with Crippen LogP contribution in [0.1, 0.15) is 23.0 Å². The van der Waals surface area contributed by atoms with Crippen molar-refractivity contribution in [1.82, 2.24) is 5.32 Å². The van der Waals surface area contributed by atoms with E-state index in [9.17, 15) is 9.59 Å². The average Bonchev–Trinajstić information content (AvgIpc) is 3.41. The number of hydrogen-bond donors (Lipinski definition) is 1. The Morgan fingerprint density at radius 3 is 2.53 bits per heavy atom. The van der Waals surface area contributed by atoms with Gasteiger partial charge in [-0.05, 0) is 67.2 Å². The number of benzene rings is 2. The Hall–Kier alpha value is -3.78. The minimum Gasteiger partial charge on any atom is -0.497 e. The Morgan fingerprint density at radius 1 is 1.09 bits per heavy atom. The molecule has 1 aromatic heterocycles. The lowest BCUT2D eigenvalue weighted by Crippen LogP contribution is -2.19. The Bertz CT molecular complexity index is 1190. The van der Waals surface area contributed by atoms with Gasteiger partial charge in [0.1, 0.15) is 17.3 Å². The molecule has 0 saturated carbocycles. The molecule has 4 rings (SSSR count). The summed E-state index contributed by atoms with van der Waals surface area (Å²) in [5, 5.41) is 3.25. The summed E-state index contributed by atoms with van der Waals surface area (Å²) in [5.74, 6) is 1.31. The second-order valence-corrected chi connectivity index (χ2v) is 7.71. The molecule has 1 aliphatic rings. The number of nitrogens with one attached hydrogen (secondary N) is 1. The molecule has 0 atom stereocenters. The summed E-state index contributed by atoms with van der Waals surface area (Å²) in [6.07, 6.45) is 1.67. The number of aliphatic imine (C=N–C) groups is 1. The standard InChI is InChI=1S/C24H20N2O5S/c1-3-30-23(28)16-6-4-15(5-7-16)20-13-12-19(31-20)14-21-22(27)26-24(32-21)25-17-8-10-18(29-2)11-9-17/h4-14H,3H2,1-2H3,(H,25,26,27)/b21-14-. The van der Waals surface area contributed by atoms with Crippen LogP contribution in [-0.4, -0.2) is 30.8 Å². The molecule has 1 N–H and O–H groups in total.